The van der Waals surface area contributed by atoms with Crippen molar-refractivity contribution < 1.29 is 24.2 Å². The lowest BCUT2D eigenvalue weighted by Gasteiger charge is -2.11. The minimum absolute atomic E-state index is 0.0324. The number of benzene rings is 3. The van der Waals surface area contributed by atoms with Gasteiger partial charge in [0.2, 0.25) is 0 Å². The first-order valence-electron chi connectivity index (χ1n) is 8.50. The van der Waals surface area contributed by atoms with Gasteiger partial charge < -0.3 is 15.2 Å². The molecule has 0 bridgehead atoms. The van der Waals surface area contributed by atoms with Gasteiger partial charge >= 0.3 is 5.97 Å². The molecule has 0 unspecified atom stereocenters. The number of aromatic hydroxyl groups is 1. The minimum atomic E-state index is -0.818. The van der Waals surface area contributed by atoms with Crippen LogP contribution in [0.15, 0.2) is 78.9 Å². The van der Waals surface area contributed by atoms with E-state index in [9.17, 15) is 19.5 Å². The van der Waals surface area contributed by atoms with Crippen LogP contribution in [-0.4, -0.2) is 29.4 Å². The van der Waals surface area contributed by atoms with E-state index in [-0.39, 0.29) is 17.1 Å². The van der Waals surface area contributed by atoms with Crippen molar-refractivity contribution in [3.05, 3.63) is 95.6 Å². The van der Waals surface area contributed by atoms with Crippen LogP contribution < -0.4 is 5.32 Å². The number of ether oxygens (including phenoxy) is 1. The summed E-state index contributed by atoms with van der Waals surface area (Å²) < 4.78 is 4.93. The molecule has 2 N–H and O–H groups in total. The standard InChI is InChI=1S/C22H17NO5/c24-19-13-7-5-11-17(19)22(27)28-14-20(25)23-18-12-6-4-10-16(18)21(26)15-8-2-1-3-9-15/h1-13,24H,14H2,(H,23,25). The molecule has 6 heteroatoms. The molecule has 0 saturated heterocycles. The Balaban J connectivity index is 1.67. The third kappa shape index (κ3) is 4.42. The number of hydrogen-bond acceptors (Lipinski definition) is 5. The van der Waals surface area contributed by atoms with Gasteiger partial charge in [-0.2, -0.15) is 0 Å². The Labute approximate surface area is 161 Å². The van der Waals surface area contributed by atoms with E-state index in [2.05, 4.69) is 5.32 Å². The summed E-state index contributed by atoms with van der Waals surface area (Å²) in [6.45, 7) is -0.555. The second-order valence-electron chi connectivity index (χ2n) is 5.88. The minimum Gasteiger partial charge on any atom is -0.507 e. The molecule has 3 aromatic rings. The van der Waals surface area contributed by atoms with Gasteiger partial charge in [0.25, 0.3) is 5.91 Å². The lowest BCUT2D eigenvalue weighted by atomic mass is 10.0. The van der Waals surface area contributed by atoms with Crippen LogP contribution in [0, 0.1) is 0 Å². The molecule has 0 heterocycles. The van der Waals surface area contributed by atoms with Gasteiger partial charge in [0.05, 0.1) is 5.69 Å². The average molecular weight is 375 g/mol. The molecule has 0 atom stereocenters. The first kappa shape index (κ1) is 18.8. The topological polar surface area (TPSA) is 92.7 Å². The van der Waals surface area contributed by atoms with Gasteiger partial charge in [-0.1, -0.05) is 54.6 Å². The molecular weight excluding hydrogens is 358 g/mol. The van der Waals surface area contributed by atoms with Gasteiger partial charge in [0.1, 0.15) is 11.3 Å². The van der Waals surface area contributed by atoms with Crippen LogP contribution in [0.2, 0.25) is 0 Å². The number of rotatable bonds is 6. The third-order valence-electron chi connectivity index (χ3n) is 3.94. The van der Waals surface area contributed by atoms with Crippen molar-refractivity contribution in [2.75, 3.05) is 11.9 Å². The van der Waals surface area contributed by atoms with Crippen molar-refractivity contribution in [1.82, 2.24) is 0 Å². The van der Waals surface area contributed by atoms with Crippen LogP contribution in [0.5, 0.6) is 5.75 Å². The SMILES string of the molecule is O=C(COC(=O)c1ccccc1O)Nc1ccccc1C(=O)c1ccccc1. The number of carbonyl (C=O) groups excluding carboxylic acids is 3. The summed E-state index contributed by atoms with van der Waals surface area (Å²) in [6, 6.07) is 21.2. The van der Waals surface area contributed by atoms with Gasteiger partial charge in [-0.05, 0) is 24.3 Å². The smallest absolute Gasteiger partial charge is 0.342 e. The molecule has 0 aromatic heterocycles. The maximum absolute atomic E-state index is 12.7. The number of esters is 1. The monoisotopic (exact) mass is 375 g/mol. The molecule has 28 heavy (non-hydrogen) atoms. The van der Waals surface area contributed by atoms with Crippen molar-refractivity contribution in [3.63, 3.8) is 0 Å². The molecule has 0 fully saturated rings. The number of ketones is 1. The van der Waals surface area contributed by atoms with Gasteiger partial charge in [0, 0.05) is 11.1 Å². The lowest BCUT2D eigenvalue weighted by Crippen LogP contribution is -2.22. The summed E-state index contributed by atoms with van der Waals surface area (Å²) in [4.78, 5) is 36.8. The number of phenolic OH excluding ortho intramolecular Hbond substituents is 1. The zero-order chi connectivity index (χ0) is 19.9. The Hall–Kier alpha value is -3.93. The van der Waals surface area contributed by atoms with E-state index in [0.717, 1.165) is 0 Å². The second kappa shape index (κ2) is 8.64. The normalized spacial score (nSPS) is 10.1. The van der Waals surface area contributed by atoms with Crippen LogP contribution in [0.3, 0.4) is 0 Å². The third-order valence-corrected chi connectivity index (χ3v) is 3.94. The van der Waals surface area contributed by atoms with E-state index < -0.39 is 18.5 Å². The van der Waals surface area contributed by atoms with E-state index in [1.807, 2.05) is 6.07 Å². The van der Waals surface area contributed by atoms with E-state index in [4.69, 9.17) is 4.74 Å². The zero-order valence-electron chi connectivity index (χ0n) is 14.8. The quantitative estimate of drug-likeness (QED) is 0.509. The van der Waals surface area contributed by atoms with Crippen LogP contribution in [0.4, 0.5) is 5.69 Å². The Morgan fingerprint density at radius 1 is 0.786 bits per heavy atom. The van der Waals surface area contributed by atoms with Crippen molar-refractivity contribution in [3.8, 4) is 5.75 Å². The fourth-order valence-corrected chi connectivity index (χ4v) is 2.58. The van der Waals surface area contributed by atoms with E-state index in [1.54, 1.807) is 60.7 Å². The highest BCUT2D eigenvalue weighted by Crippen LogP contribution is 2.20. The molecule has 140 valence electrons. The van der Waals surface area contributed by atoms with E-state index >= 15 is 0 Å². The fourth-order valence-electron chi connectivity index (χ4n) is 2.58. The number of anilines is 1. The number of carbonyl (C=O) groups is 3. The van der Waals surface area contributed by atoms with Gasteiger partial charge in [0.15, 0.2) is 12.4 Å². The Kier molecular flexibility index (Phi) is 5.81. The van der Waals surface area contributed by atoms with Crippen molar-refractivity contribution in [2.45, 2.75) is 0 Å². The molecule has 0 aliphatic rings. The van der Waals surface area contributed by atoms with Gasteiger partial charge in [-0.15, -0.1) is 0 Å². The maximum Gasteiger partial charge on any atom is 0.342 e. The molecular formula is C22H17NO5. The molecule has 0 aliphatic carbocycles. The van der Waals surface area contributed by atoms with Crippen LogP contribution in [0.25, 0.3) is 0 Å². The molecule has 0 aliphatic heterocycles. The lowest BCUT2D eigenvalue weighted by molar-refractivity contribution is -0.119. The molecule has 0 spiro atoms. The Bertz CT molecular complexity index is 1010. The molecule has 3 aromatic carbocycles. The molecule has 6 nitrogen and oxygen atoms in total. The summed E-state index contributed by atoms with van der Waals surface area (Å²) >= 11 is 0. The number of amides is 1. The van der Waals surface area contributed by atoms with Crippen molar-refractivity contribution in [2.24, 2.45) is 0 Å². The first-order valence-corrected chi connectivity index (χ1v) is 8.50. The molecule has 0 radical (unpaired) electrons. The van der Waals surface area contributed by atoms with Crippen LogP contribution >= 0.6 is 0 Å². The molecule has 1 amide bonds. The predicted molar refractivity (Wildman–Crippen MR) is 103 cm³/mol. The Morgan fingerprint density at radius 2 is 1.39 bits per heavy atom. The predicted octanol–water partition coefficient (Wildman–Crippen LogP) is 3.42. The number of hydrogen-bond donors (Lipinski definition) is 2. The zero-order valence-corrected chi connectivity index (χ0v) is 14.8. The largest absolute Gasteiger partial charge is 0.507 e. The van der Waals surface area contributed by atoms with Crippen molar-refractivity contribution >= 4 is 23.3 Å². The Morgan fingerprint density at radius 3 is 2.11 bits per heavy atom. The summed E-state index contributed by atoms with van der Waals surface area (Å²) in [5, 5.41) is 12.2. The van der Waals surface area contributed by atoms with Gasteiger partial charge in [-0.3, -0.25) is 9.59 Å². The fraction of sp³-hybridized carbons (Fsp3) is 0.0455. The highest BCUT2D eigenvalue weighted by atomic mass is 16.5. The molecule has 3 rings (SSSR count). The average Bonchev–Trinajstić information content (AvgIpc) is 2.73. The van der Waals surface area contributed by atoms with Crippen LogP contribution in [-0.2, 0) is 9.53 Å². The van der Waals surface area contributed by atoms with Crippen LogP contribution in [0.1, 0.15) is 26.3 Å². The highest BCUT2D eigenvalue weighted by molar-refractivity contribution is 6.14. The summed E-state index contributed by atoms with van der Waals surface area (Å²) in [7, 11) is 0. The number of nitrogens with one attached hydrogen (secondary N) is 1. The van der Waals surface area contributed by atoms with Crippen molar-refractivity contribution in [1.29, 1.82) is 0 Å². The second-order valence-corrected chi connectivity index (χ2v) is 5.88. The number of para-hydroxylation sites is 2. The highest BCUT2D eigenvalue weighted by Gasteiger charge is 2.17. The number of phenols is 1. The van der Waals surface area contributed by atoms with Gasteiger partial charge in [-0.25, -0.2) is 4.79 Å². The molecule has 0 saturated carbocycles. The first-order chi connectivity index (χ1) is 13.6. The van der Waals surface area contributed by atoms with E-state index in [0.29, 0.717) is 16.8 Å². The summed E-state index contributed by atoms with van der Waals surface area (Å²) in [5.41, 5.74) is 1.11. The summed E-state index contributed by atoms with van der Waals surface area (Å²) in [6.07, 6.45) is 0. The summed E-state index contributed by atoms with van der Waals surface area (Å²) in [5.74, 6) is -1.88. The van der Waals surface area contributed by atoms with E-state index in [1.165, 1.54) is 12.1 Å². The maximum atomic E-state index is 12.7.